The predicted molar refractivity (Wildman–Crippen MR) is 63.2 cm³/mol. The number of primary amides is 1. The van der Waals surface area contributed by atoms with Gasteiger partial charge in [-0.2, -0.15) is 0 Å². The van der Waals surface area contributed by atoms with Crippen LogP contribution in [0.1, 0.15) is 0 Å². The van der Waals surface area contributed by atoms with Crippen molar-refractivity contribution in [3.8, 4) is 0 Å². The molecule has 6 heteroatoms. The van der Waals surface area contributed by atoms with Gasteiger partial charge in [0.1, 0.15) is 0 Å². The fourth-order valence-corrected chi connectivity index (χ4v) is 1.17. The molecule has 0 bridgehead atoms. The quantitative estimate of drug-likeness (QED) is 0.408. The van der Waals surface area contributed by atoms with Crippen molar-refractivity contribution in [2.75, 3.05) is 0 Å². The molecule has 5 N–H and O–H groups in total. The van der Waals surface area contributed by atoms with E-state index < -0.39 is 6.03 Å². The van der Waals surface area contributed by atoms with Crippen molar-refractivity contribution in [3.05, 3.63) is 27.8 Å². The van der Waals surface area contributed by atoms with Crippen LogP contribution in [0.4, 0.5) is 10.5 Å². The van der Waals surface area contributed by atoms with Crippen molar-refractivity contribution < 1.29 is 4.79 Å². The van der Waals surface area contributed by atoms with E-state index in [1.807, 2.05) is 12.1 Å². The molecule has 0 unspecified atom stereocenters. The lowest BCUT2D eigenvalue weighted by Gasteiger charge is -1.99. The number of urea groups is 1. The number of hydrogen-bond acceptors (Lipinski definition) is 2. The first-order chi connectivity index (χ1) is 6.58. The molecule has 0 aliphatic heterocycles. The summed E-state index contributed by atoms with van der Waals surface area (Å²) < 4.78 is 1.10. The number of benzene rings is 1. The fourth-order valence-electron chi connectivity index (χ4n) is 0.809. The van der Waals surface area contributed by atoms with Gasteiger partial charge in [0, 0.05) is 3.57 Å². The molecule has 5 nitrogen and oxygen atoms in total. The van der Waals surface area contributed by atoms with Gasteiger partial charge in [0.15, 0.2) is 0 Å². The minimum Gasteiger partial charge on any atom is -0.369 e. The average Bonchev–Trinajstić information content (AvgIpc) is 2.07. The van der Waals surface area contributed by atoms with E-state index in [0.717, 1.165) is 3.57 Å². The van der Waals surface area contributed by atoms with Crippen LogP contribution in [0.2, 0.25) is 0 Å². The van der Waals surface area contributed by atoms with Crippen molar-refractivity contribution in [2.45, 2.75) is 0 Å². The number of nitrogens with one attached hydrogen (secondary N) is 1. The second kappa shape index (κ2) is 4.80. The highest BCUT2D eigenvalue weighted by atomic mass is 127. The number of nitrogens with two attached hydrogens (primary N) is 2. The van der Waals surface area contributed by atoms with E-state index in [2.05, 4.69) is 32.9 Å². The lowest BCUT2D eigenvalue weighted by atomic mass is 10.3. The Hall–Kier alpha value is -1.31. The SMILES string of the molecule is NC(=O)NC(N)=Nc1ccc(I)cc1. The summed E-state index contributed by atoms with van der Waals surface area (Å²) in [7, 11) is 0. The molecule has 14 heavy (non-hydrogen) atoms. The van der Waals surface area contributed by atoms with Crippen LogP contribution in [0.3, 0.4) is 0 Å². The summed E-state index contributed by atoms with van der Waals surface area (Å²) in [5.74, 6) is -0.0151. The van der Waals surface area contributed by atoms with Gasteiger partial charge < -0.3 is 11.5 Å². The number of guanidine groups is 1. The van der Waals surface area contributed by atoms with E-state index in [4.69, 9.17) is 11.5 Å². The van der Waals surface area contributed by atoms with Crippen LogP contribution in [0.25, 0.3) is 0 Å². The summed E-state index contributed by atoms with van der Waals surface area (Å²) in [5.41, 5.74) is 10.9. The van der Waals surface area contributed by atoms with E-state index in [1.165, 1.54) is 0 Å². The third-order valence-corrected chi connectivity index (χ3v) is 2.05. The van der Waals surface area contributed by atoms with Gasteiger partial charge in [-0.25, -0.2) is 9.79 Å². The van der Waals surface area contributed by atoms with E-state index in [9.17, 15) is 4.79 Å². The van der Waals surface area contributed by atoms with E-state index in [0.29, 0.717) is 5.69 Å². The molecule has 0 atom stereocenters. The number of carbonyl (C=O) groups is 1. The van der Waals surface area contributed by atoms with Gasteiger partial charge in [0.25, 0.3) is 0 Å². The summed E-state index contributed by atoms with van der Waals surface area (Å²) in [6.07, 6.45) is 0. The maximum atomic E-state index is 10.4. The van der Waals surface area contributed by atoms with Crippen molar-refractivity contribution in [1.82, 2.24) is 5.32 Å². The van der Waals surface area contributed by atoms with Crippen molar-refractivity contribution in [1.29, 1.82) is 0 Å². The van der Waals surface area contributed by atoms with Gasteiger partial charge in [-0.05, 0) is 46.9 Å². The number of carbonyl (C=O) groups excluding carboxylic acids is 1. The van der Waals surface area contributed by atoms with Gasteiger partial charge in [-0.3, -0.25) is 5.32 Å². The van der Waals surface area contributed by atoms with Gasteiger partial charge in [-0.1, -0.05) is 0 Å². The zero-order chi connectivity index (χ0) is 10.6. The summed E-state index contributed by atoms with van der Waals surface area (Å²) in [6.45, 7) is 0. The van der Waals surface area contributed by atoms with Crippen LogP contribution in [0, 0.1) is 3.57 Å². The average molecular weight is 304 g/mol. The minimum atomic E-state index is -0.725. The third-order valence-electron chi connectivity index (χ3n) is 1.33. The molecule has 0 heterocycles. The Balaban J connectivity index is 2.76. The van der Waals surface area contributed by atoms with Gasteiger partial charge >= 0.3 is 6.03 Å². The standard InChI is InChI=1S/C8H9IN4O/c9-5-1-3-6(4-2-5)12-7(10)13-8(11)14/h1-4H,(H5,10,11,12,13,14). The first-order valence-corrected chi connectivity index (χ1v) is 4.82. The first-order valence-electron chi connectivity index (χ1n) is 3.74. The van der Waals surface area contributed by atoms with Crippen LogP contribution in [0.15, 0.2) is 29.3 Å². The molecular weight excluding hydrogens is 295 g/mol. The molecule has 0 saturated carbocycles. The molecular formula is C8H9IN4O. The van der Waals surface area contributed by atoms with Crippen molar-refractivity contribution in [2.24, 2.45) is 16.5 Å². The Labute approximate surface area is 94.7 Å². The molecule has 0 spiro atoms. The van der Waals surface area contributed by atoms with Crippen LogP contribution < -0.4 is 16.8 Å². The Morgan fingerprint density at radius 2 is 1.86 bits per heavy atom. The number of amides is 2. The lowest BCUT2D eigenvalue weighted by molar-refractivity contribution is 0.253. The number of aliphatic imine (C=N–C) groups is 1. The summed E-state index contributed by atoms with van der Waals surface area (Å²) in [5, 5.41) is 2.17. The molecule has 1 aromatic rings. The van der Waals surface area contributed by atoms with Crippen LogP contribution in [-0.4, -0.2) is 12.0 Å². The molecule has 1 rings (SSSR count). The number of halogens is 1. The maximum Gasteiger partial charge on any atom is 0.318 e. The minimum absolute atomic E-state index is 0.0151. The highest BCUT2D eigenvalue weighted by Gasteiger charge is 1.96. The van der Waals surface area contributed by atoms with Crippen LogP contribution in [0.5, 0.6) is 0 Å². The largest absolute Gasteiger partial charge is 0.369 e. The topological polar surface area (TPSA) is 93.5 Å². The lowest BCUT2D eigenvalue weighted by Crippen LogP contribution is -2.39. The Morgan fingerprint density at radius 1 is 1.29 bits per heavy atom. The third kappa shape index (κ3) is 3.60. The molecule has 0 aliphatic rings. The second-order valence-electron chi connectivity index (χ2n) is 2.46. The number of nitrogens with zero attached hydrogens (tertiary/aromatic N) is 1. The molecule has 2 amide bonds. The molecule has 1 aromatic carbocycles. The monoisotopic (exact) mass is 304 g/mol. The smallest absolute Gasteiger partial charge is 0.318 e. The molecule has 0 aromatic heterocycles. The second-order valence-corrected chi connectivity index (χ2v) is 3.71. The normalized spacial score (nSPS) is 11.1. The van der Waals surface area contributed by atoms with E-state index >= 15 is 0 Å². The number of hydrogen-bond donors (Lipinski definition) is 3. The number of rotatable bonds is 1. The summed E-state index contributed by atoms with van der Waals surface area (Å²) in [6, 6.07) is 6.62. The zero-order valence-corrected chi connectivity index (χ0v) is 9.36. The summed E-state index contributed by atoms with van der Waals surface area (Å²) >= 11 is 2.18. The predicted octanol–water partition coefficient (Wildman–Crippen LogP) is 0.906. The van der Waals surface area contributed by atoms with Gasteiger partial charge in [-0.15, -0.1) is 0 Å². The van der Waals surface area contributed by atoms with E-state index in [1.54, 1.807) is 12.1 Å². The fraction of sp³-hybridized carbons (Fsp3) is 0. The molecule has 74 valence electrons. The van der Waals surface area contributed by atoms with Crippen LogP contribution in [-0.2, 0) is 0 Å². The highest BCUT2D eigenvalue weighted by molar-refractivity contribution is 14.1. The molecule has 0 fully saturated rings. The summed E-state index contributed by atoms with van der Waals surface area (Å²) in [4.78, 5) is 14.3. The zero-order valence-electron chi connectivity index (χ0n) is 7.20. The Bertz CT molecular complexity index is 360. The molecule has 0 radical (unpaired) electrons. The van der Waals surface area contributed by atoms with Crippen LogP contribution >= 0.6 is 22.6 Å². The molecule has 0 saturated heterocycles. The van der Waals surface area contributed by atoms with Crippen molar-refractivity contribution >= 4 is 40.3 Å². The Morgan fingerprint density at radius 3 is 2.36 bits per heavy atom. The van der Waals surface area contributed by atoms with E-state index in [-0.39, 0.29) is 5.96 Å². The maximum absolute atomic E-state index is 10.4. The van der Waals surface area contributed by atoms with Gasteiger partial charge in [0.2, 0.25) is 5.96 Å². The highest BCUT2D eigenvalue weighted by Crippen LogP contribution is 2.13. The first kappa shape index (κ1) is 10.8. The van der Waals surface area contributed by atoms with Crippen molar-refractivity contribution in [3.63, 3.8) is 0 Å². The molecule has 0 aliphatic carbocycles. The Kier molecular flexibility index (Phi) is 3.69. The van der Waals surface area contributed by atoms with Gasteiger partial charge in [0.05, 0.1) is 5.69 Å².